The fourth-order valence-electron chi connectivity index (χ4n) is 2.49. The number of rotatable bonds is 4. The Kier molecular flexibility index (Phi) is 4.86. The molecule has 5 heteroatoms. The highest BCUT2D eigenvalue weighted by molar-refractivity contribution is 6.18. The first-order valence-corrected chi connectivity index (χ1v) is 7.51. The number of alkyl halides is 1. The molecule has 1 aromatic heterocycles. The maximum Gasteiger partial charge on any atom is 0.293 e. The van der Waals surface area contributed by atoms with Crippen LogP contribution in [-0.2, 0) is 6.54 Å². The van der Waals surface area contributed by atoms with E-state index in [0.29, 0.717) is 23.5 Å². The molecule has 1 saturated heterocycles. The Balaban J connectivity index is 2.15. The molecule has 2 heterocycles. The molecule has 0 N–H and O–H groups in total. The number of hydrogen-bond donors (Lipinski definition) is 0. The van der Waals surface area contributed by atoms with Gasteiger partial charge in [-0.25, -0.2) is 4.98 Å². The quantitative estimate of drug-likeness (QED) is 0.796. The Bertz CT molecular complexity index is 464. The van der Waals surface area contributed by atoms with E-state index in [4.69, 9.17) is 11.6 Å². The van der Waals surface area contributed by atoms with Gasteiger partial charge in [-0.05, 0) is 24.7 Å². The molecule has 0 unspecified atom stereocenters. The lowest BCUT2D eigenvalue weighted by Gasteiger charge is -2.31. The van der Waals surface area contributed by atoms with E-state index in [-0.39, 0.29) is 5.56 Å². The van der Waals surface area contributed by atoms with E-state index in [1.165, 1.54) is 0 Å². The van der Waals surface area contributed by atoms with Gasteiger partial charge in [-0.15, -0.1) is 11.6 Å². The predicted molar refractivity (Wildman–Crippen MR) is 79.0 cm³/mol. The molecule has 0 saturated carbocycles. The molecule has 1 fully saturated rings. The Morgan fingerprint density at radius 2 is 2.11 bits per heavy atom. The van der Waals surface area contributed by atoms with Crippen molar-refractivity contribution in [3.05, 3.63) is 22.7 Å². The number of halogens is 1. The van der Waals surface area contributed by atoms with Gasteiger partial charge >= 0.3 is 0 Å². The maximum atomic E-state index is 12.4. The van der Waals surface area contributed by atoms with E-state index in [2.05, 4.69) is 23.7 Å². The first-order valence-electron chi connectivity index (χ1n) is 6.98. The molecule has 0 radical (unpaired) electrons. The molecule has 0 bridgehead atoms. The van der Waals surface area contributed by atoms with Crippen molar-refractivity contribution < 1.29 is 0 Å². The number of hydrogen-bond acceptors (Lipinski definition) is 3. The van der Waals surface area contributed by atoms with Crippen LogP contribution in [0.4, 0.5) is 5.82 Å². The van der Waals surface area contributed by atoms with Crippen molar-refractivity contribution in [2.24, 2.45) is 11.8 Å². The average Bonchev–Trinajstić information content (AvgIpc) is 2.41. The van der Waals surface area contributed by atoms with E-state index < -0.39 is 0 Å². The van der Waals surface area contributed by atoms with Gasteiger partial charge in [0.15, 0.2) is 5.82 Å². The molecular formula is C14H22ClN3O. The highest BCUT2D eigenvalue weighted by atomic mass is 35.5. The van der Waals surface area contributed by atoms with Gasteiger partial charge in [-0.3, -0.25) is 4.79 Å². The van der Waals surface area contributed by atoms with Crippen LogP contribution in [0.1, 0.15) is 26.7 Å². The van der Waals surface area contributed by atoms with Crippen molar-refractivity contribution in [1.82, 2.24) is 9.55 Å². The second kappa shape index (κ2) is 6.42. The zero-order valence-electron chi connectivity index (χ0n) is 11.7. The summed E-state index contributed by atoms with van der Waals surface area (Å²) in [7, 11) is 0. The van der Waals surface area contributed by atoms with Crippen molar-refractivity contribution in [3.63, 3.8) is 0 Å². The third-order valence-electron chi connectivity index (χ3n) is 3.59. The normalized spacial score (nSPS) is 17.2. The van der Waals surface area contributed by atoms with Gasteiger partial charge < -0.3 is 9.47 Å². The predicted octanol–water partition coefficient (Wildman–Crippen LogP) is 2.35. The van der Waals surface area contributed by atoms with E-state index in [1.807, 2.05) is 0 Å². The summed E-state index contributed by atoms with van der Waals surface area (Å²) >= 11 is 5.89. The second-order valence-electron chi connectivity index (χ2n) is 5.69. The first kappa shape index (κ1) is 14.4. The monoisotopic (exact) mass is 283 g/mol. The van der Waals surface area contributed by atoms with Crippen LogP contribution in [0.15, 0.2) is 17.2 Å². The van der Waals surface area contributed by atoms with Crippen molar-refractivity contribution >= 4 is 17.4 Å². The largest absolute Gasteiger partial charge is 0.352 e. The molecule has 19 heavy (non-hydrogen) atoms. The zero-order valence-corrected chi connectivity index (χ0v) is 12.4. The standard InChI is InChI=1S/C14H22ClN3O/c1-11(2)10-18-8-5-16-13(14(18)19)17-6-3-12(9-15)4-7-17/h5,8,11-12H,3-4,6-7,9-10H2,1-2H3. The van der Waals surface area contributed by atoms with E-state index >= 15 is 0 Å². The SMILES string of the molecule is CC(C)Cn1ccnc(N2CCC(CCl)CC2)c1=O. The topological polar surface area (TPSA) is 38.1 Å². The van der Waals surface area contributed by atoms with Gasteiger partial charge in [-0.1, -0.05) is 13.8 Å². The smallest absolute Gasteiger partial charge is 0.293 e. The highest BCUT2D eigenvalue weighted by Crippen LogP contribution is 2.20. The minimum absolute atomic E-state index is 0.0283. The molecule has 4 nitrogen and oxygen atoms in total. The van der Waals surface area contributed by atoms with Crippen molar-refractivity contribution in [1.29, 1.82) is 0 Å². The van der Waals surface area contributed by atoms with Crippen LogP contribution < -0.4 is 10.5 Å². The lowest BCUT2D eigenvalue weighted by Crippen LogP contribution is -2.39. The van der Waals surface area contributed by atoms with Crippen LogP contribution in [0.3, 0.4) is 0 Å². The number of nitrogens with zero attached hydrogens (tertiary/aromatic N) is 3. The van der Waals surface area contributed by atoms with Crippen LogP contribution in [0.5, 0.6) is 0 Å². The highest BCUT2D eigenvalue weighted by Gasteiger charge is 2.21. The third-order valence-corrected chi connectivity index (χ3v) is 4.03. The lowest BCUT2D eigenvalue weighted by molar-refractivity contribution is 0.437. The average molecular weight is 284 g/mol. The molecule has 0 spiro atoms. The second-order valence-corrected chi connectivity index (χ2v) is 6.00. The Morgan fingerprint density at radius 3 is 2.68 bits per heavy atom. The van der Waals surface area contributed by atoms with Gasteiger partial charge in [0, 0.05) is 37.9 Å². The van der Waals surface area contributed by atoms with E-state index in [0.717, 1.165) is 32.5 Å². The lowest BCUT2D eigenvalue weighted by atomic mass is 9.99. The molecule has 0 aromatic carbocycles. The molecule has 1 aromatic rings. The molecule has 0 aliphatic carbocycles. The van der Waals surface area contributed by atoms with Crippen LogP contribution in [0, 0.1) is 11.8 Å². The Hall–Kier alpha value is -1.03. The molecule has 1 aliphatic heterocycles. The third kappa shape index (κ3) is 3.50. The number of piperidine rings is 1. The summed E-state index contributed by atoms with van der Waals surface area (Å²) in [6, 6.07) is 0. The van der Waals surface area contributed by atoms with Gasteiger partial charge in [0.2, 0.25) is 0 Å². The summed E-state index contributed by atoms with van der Waals surface area (Å²) in [5.41, 5.74) is 0.0283. The molecule has 0 atom stereocenters. The van der Waals surface area contributed by atoms with Gasteiger partial charge in [-0.2, -0.15) is 0 Å². The Morgan fingerprint density at radius 1 is 1.42 bits per heavy atom. The van der Waals surface area contributed by atoms with Crippen LogP contribution >= 0.6 is 11.6 Å². The first-order chi connectivity index (χ1) is 9.11. The summed E-state index contributed by atoms with van der Waals surface area (Å²) in [5, 5.41) is 0. The summed E-state index contributed by atoms with van der Waals surface area (Å²) in [6.45, 7) is 6.72. The van der Waals surface area contributed by atoms with Crippen molar-refractivity contribution in [2.75, 3.05) is 23.9 Å². The van der Waals surface area contributed by atoms with Crippen LogP contribution in [0.2, 0.25) is 0 Å². The fourth-order valence-corrected chi connectivity index (χ4v) is 2.80. The summed E-state index contributed by atoms with van der Waals surface area (Å²) < 4.78 is 1.76. The van der Waals surface area contributed by atoms with Crippen molar-refractivity contribution in [2.45, 2.75) is 33.2 Å². The summed E-state index contributed by atoms with van der Waals surface area (Å²) in [5.74, 6) is 2.35. The van der Waals surface area contributed by atoms with Gasteiger partial charge in [0.25, 0.3) is 5.56 Å². The minimum Gasteiger partial charge on any atom is -0.352 e. The molecule has 2 rings (SSSR count). The maximum absolute atomic E-state index is 12.4. The molecule has 1 aliphatic rings. The van der Waals surface area contributed by atoms with E-state index in [1.54, 1.807) is 17.0 Å². The fraction of sp³-hybridized carbons (Fsp3) is 0.714. The molecule has 0 amide bonds. The number of anilines is 1. The molecular weight excluding hydrogens is 262 g/mol. The van der Waals surface area contributed by atoms with Crippen molar-refractivity contribution in [3.8, 4) is 0 Å². The van der Waals surface area contributed by atoms with Crippen LogP contribution in [-0.4, -0.2) is 28.5 Å². The molecule has 106 valence electrons. The summed E-state index contributed by atoms with van der Waals surface area (Å²) in [6.07, 6.45) is 5.59. The van der Waals surface area contributed by atoms with Gasteiger partial charge in [0.1, 0.15) is 0 Å². The summed E-state index contributed by atoms with van der Waals surface area (Å²) in [4.78, 5) is 18.8. The number of aromatic nitrogens is 2. The minimum atomic E-state index is 0.0283. The van der Waals surface area contributed by atoms with Crippen LogP contribution in [0.25, 0.3) is 0 Å². The van der Waals surface area contributed by atoms with E-state index in [9.17, 15) is 4.79 Å². The van der Waals surface area contributed by atoms with Gasteiger partial charge in [0.05, 0.1) is 0 Å². The zero-order chi connectivity index (χ0) is 13.8. The Labute approximate surface area is 119 Å².